The third-order valence-electron chi connectivity index (χ3n) is 2.73. The average molecular weight is 417 g/mol. The van der Waals surface area contributed by atoms with Crippen LogP contribution >= 0.6 is 0 Å². The second-order valence-electron chi connectivity index (χ2n) is 4.63. The molecule has 0 aromatic carbocycles. The molecule has 3 aromatic rings. The summed E-state index contributed by atoms with van der Waals surface area (Å²) in [5, 5.41) is 31.3. The van der Waals surface area contributed by atoms with E-state index in [4.69, 9.17) is 0 Å². The second kappa shape index (κ2) is 11.4. The molecule has 9 nitrogen and oxygen atoms in total. The molecule has 1 radical (unpaired) electrons. The first kappa shape index (κ1) is 23.8. The Kier molecular flexibility index (Phi) is 10.0. The van der Waals surface area contributed by atoms with Crippen LogP contribution < -0.4 is 31.6 Å². The molecule has 0 spiro atoms. The van der Waals surface area contributed by atoms with Crippen molar-refractivity contribution in [2.75, 3.05) is 0 Å². The molecule has 3 aromatic heterocycles. The van der Waals surface area contributed by atoms with Gasteiger partial charge in [0.2, 0.25) is 0 Å². The van der Waals surface area contributed by atoms with Crippen molar-refractivity contribution in [2.24, 2.45) is 0 Å². The van der Waals surface area contributed by atoms with Gasteiger partial charge in [0.05, 0.1) is 36.6 Å². The van der Waals surface area contributed by atoms with Gasteiger partial charge in [-0.3, -0.25) is 14.4 Å². The molecule has 0 aliphatic rings. The van der Waals surface area contributed by atoms with Gasteiger partial charge in [0.15, 0.2) is 16.3 Å². The summed E-state index contributed by atoms with van der Waals surface area (Å²) >= 11 is 0. The normalized spacial score (nSPS) is 8.96. The molecule has 143 valence electrons. The summed E-state index contributed by atoms with van der Waals surface area (Å²) in [7, 11) is 0. The summed E-state index contributed by atoms with van der Waals surface area (Å²) < 4.78 is 13.6. The fraction of sp³-hybridized carbons (Fsp3) is 0.118. The topological polar surface area (TPSA) is 160 Å². The molecule has 0 N–H and O–H groups in total. The van der Waals surface area contributed by atoms with Crippen LogP contribution in [-0.4, -0.2) is 0 Å². The maximum Gasteiger partial charge on any atom is 3.00 e. The van der Waals surface area contributed by atoms with Crippen molar-refractivity contribution in [3.05, 3.63) is 85.4 Å². The zero-order valence-electron chi connectivity index (χ0n) is 14.1. The van der Waals surface area contributed by atoms with Crippen molar-refractivity contribution in [3.63, 3.8) is 0 Å². The number of rotatable bonds is 0. The molecule has 0 saturated carbocycles. The van der Waals surface area contributed by atoms with Crippen molar-refractivity contribution in [2.45, 2.75) is 13.8 Å². The monoisotopic (exact) mass is 417 g/mol. The van der Waals surface area contributed by atoms with Gasteiger partial charge < -0.3 is 28.6 Å². The summed E-state index contributed by atoms with van der Waals surface area (Å²) in [5.41, 5.74) is -1.56. The fourth-order valence-electron chi connectivity index (χ4n) is 1.34. The van der Waals surface area contributed by atoms with Gasteiger partial charge >= 0.3 is 17.1 Å². The molecule has 0 bridgehead atoms. The van der Waals surface area contributed by atoms with Crippen molar-refractivity contribution in [3.8, 4) is 17.2 Å². The molecule has 0 atom stereocenters. The van der Waals surface area contributed by atoms with Crippen LogP contribution in [0.1, 0.15) is 11.5 Å². The SMILES string of the molecule is Cc1occc(=O)c1[O-].Cc1occc(=O)c1[O-].O=c1ccocc1[O-].[Fe+3]. The van der Waals surface area contributed by atoms with Crippen LogP contribution in [0.3, 0.4) is 0 Å². The first-order chi connectivity index (χ1) is 12.2. The van der Waals surface area contributed by atoms with E-state index in [1.54, 1.807) is 0 Å². The Morgan fingerprint density at radius 3 is 1.37 bits per heavy atom. The summed E-state index contributed by atoms with van der Waals surface area (Å²) in [6.07, 6.45) is 4.46. The molecule has 10 heteroatoms. The molecule has 27 heavy (non-hydrogen) atoms. The summed E-state index contributed by atoms with van der Waals surface area (Å²) in [6.45, 7) is 2.92. The van der Waals surface area contributed by atoms with Crippen molar-refractivity contribution in [1.82, 2.24) is 0 Å². The number of hydrogen-bond donors (Lipinski definition) is 0. The molecule has 0 aliphatic heterocycles. The Labute approximate surface area is 162 Å². The van der Waals surface area contributed by atoms with Crippen LogP contribution in [0, 0.1) is 13.8 Å². The molecule has 0 unspecified atom stereocenters. The minimum atomic E-state index is -0.604. The van der Waals surface area contributed by atoms with Crippen LogP contribution in [0.2, 0.25) is 0 Å². The van der Waals surface area contributed by atoms with Crippen LogP contribution in [-0.2, 0) is 17.1 Å². The quantitative estimate of drug-likeness (QED) is 0.450. The van der Waals surface area contributed by atoms with E-state index >= 15 is 0 Å². The standard InChI is InChI=1S/2C6H6O3.C5H4O3.Fe/c2*1-4-6(8)5(7)2-3-9-4;6-4-1-2-8-3-5(4)7;/h2*2-3,8H,1H3;1-3,7H;/q;;;+3/p-3. The smallest absolute Gasteiger partial charge is 0.868 e. The van der Waals surface area contributed by atoms with Gasteiger partial charge in [0, 0.05) is 18.2 Å². The average Bonchev–Trinajstić information content (AvgIpc) is 2.61. The van der Waals surface area contributed by atoms with Gasteiger partial charge in [0.25, 0.3) is 0 Å². The minimum Gasteiger partial charge on any atom is -0.868 e. The number of aryl methyl sites for hydroxylation is 2. The Balaban J connectivity index is 0.000000369. The van der Waals surface area contributed by atoms with E-state index in [9.17, 15) is 29.7 Å². The summed E-state index contributed by atoms with van der Waals surface area (Å²) in [6, 6.07) is 3.30. The zero-order chi connectivity index (χ0) is 19.7. The van der Waals surface area contributed by atoms with Crippen molar-refractivity contribution in [1.29, 1.82) is 0 Å². The molecular weight excluding hydrogens is 404 g/mol. The molecule has 0 saturated heterocycles. The molecule has 0 fully saturated rings. The largest absolute Gasteiger partial charge is 3.00 e. The van der Waals surface area contributed by atoms with E-state index in [2.05, 4.69) is 13.3 Å². The van der Waals surface area contributed by atoms with Gasteiger partial charge in [-0.25, -0.2) is 0 Å². The summed E-state index contributed by atoms with van der Waals surface area (Å²) in [4.78, 5) is 31.2. The van der Waals surface area contributed by atoms with E-state index in [-0.39, 0.29) is 28.6 Å². The van der Waals surface area contributed by atoms with Gasteiger partial charge in [-0.1, -0.05) is 0 Å². The third-order valence-corrected chi connectivity index (χ3v) is 2.73. The van der Waals surface area contributed by atoms with Crippen molar-refractivity contribution < 1.29 is 45.6 Å². The second-order valence-corrected chi connectivity index (χ2v) is 4.63. The van der Waals surface area contributed by atoms with E-state index < -0.39 is 33.5 Å². The van der Waals surface area contributed by atoms with Gasteiger partial charge in [-0.15, -0.1) is 0 Å². The predicted molar refractivity (Wildman–Crippen MR) is 82.7 cm³/mol. The minimum absolute atomic E-state index is 0. The molecule has 3 heterocycles. The Bertz CT molecular complexity index is 960. The summed E-state index contributed by atoms with van der Waals surface area (Å²) in [5.74, 6) is -1.44. The molecule has 0 amide bonds. The number of hydrogen-bond acceptors (Lipinski definition) is 9. The maximum absolute atomic E-state index is 10.6. The molecule has 0 aliphatic carbocycles. The maximum atomic E-state index is 10.6. The van der Waals surface area contributed by atoms with Crippen LogP contribution in [0.25, 0.3) is 0 Å². The van der Waals surface area contributed by atoms with E-state index in [1.165, 1.54) is 32.6 Å². The van der Waals surface area contributed by atoms with Crippen LogP contribution in [0.5, 0.6) is 17.2 Å². The predicted octanol–water partition coefficient (Wildman–Crippen LogP) is -0.245. The third kappa shape index (κ3) is 7.68. The first-order valence-corrected chi connectivity index (χ1v) is 6.98. The van der Waals surface area contributed by atoms with Gasteiger partial charge in [0.1, 0.15) is 0 Å². The van der Waals surface area contributed by atoms with Gasteiger partial charge in [-0.2, -0.15) is 0 Å². The Hall–Kier alpha value is -3.23. The van der Waals surface area contributed by atoms with E-state index in [1.807, 2.05) is 0 Å². The molecular formula is C17H13FeO9. The Morgan fingerprint density at radius 1 is 0.704 bits per heavy atom. The Morgan fingerprint density at radius 2 is 1.11 bits per heavy atom. The molecule has 3 rings (SSSR count). The van der Waals surface area contributed by atoms with E-state index in [0.29, 0.717) is 0 Å². The van der Waals surface area contributed by atoms with Crippen LogP contribution in [0.4, 0.5) is 0 Å². The van der Waals surface area contributed by atoms with Crippen LogP contribution in [0.15, 0.2) is 70.9 Å². The van der Waals surface area contributed by atoms with Gasteiger partial charge in [-0.05, 0) is 31.1 Å². The first-order valence-electron chi connectivity index (χ1n) is 6.98. The fourth-order valence-corrected chi connectivity index (χ4v) is 1.34. The van der Waals surface area contributed by atoms with Crippen molar-refractivity contribution >= 4 is 0 Å². The van der Waals surface area contributed by atoms with E-state index in [0.717, 1.165) is 24.5 Å². The zero-order valence-corrected chi connectivity index (χ0v) is 15.2.